The third-order valence-corrected chi connectivity index (χ3v) is 3.71. The van der Waals surface area contributed by atoms with Gasteiger partial charge < -0.3 is 4.74 Å². The molecule has 1 aromatic rings. The molecule has 1 heterocycles. The number of hydrogen-bond donors (Lipinski definition) is 0. The Balaban J connectivity index is 2.88. The number of pyridine rings is 1. The van der Waals surface area contributed by atoms with Gasteiger partial charge in [-0.2, -0.15) is 0 Å². The number of hydrogen-bond acceptors (Lipinski definition) is 2. The van der Waals surface area contributed by atoms with Crippen molar-refractivity contribution in [1.82, 2.24) is 4.98 Å². The average Bonchev–Trinajstić information content (AvgIpc) is 2.38. The van der Waals surface area contributed by atoms with Crippen molar-refractivity contribution >= 4 is 11.6 Å². The Bertz CT molecular complexity index is 394. The van der Waals surface area contributed by atoms with Crippen LogP contribution in [0, 0.1) is 5.92 Å². The first kappa shape index (κ1) is 16.3. The van der Waals surface area contributed by atoms with Crippen LogP contribution in [0.25, 0.3) is 0 Å². The van der Waals surface area contributed by atoms with Crippen LogP contribution in [-0.2, 0) is 11.3 Å². The van der Waals surface area contributed by atoms with Crippen molar-refractivity contribution < 1.29 is 4.74 Å². The second kappa shape index (κ2) is 7.14. The molecule has 0 spiro atoms. The lowest BCUT2D eigenvalue weighted by atomic mass is 9.91. The average molecular weight is 284 g/mol. The molecule has 0 fully saturated rings. The van der Waals surface area contributed by atoms with Gasteiger partial charge in [-0.05, 0) is 17.5 Å². The summed E-state index contributed by atoms with van der Waals surface area (Å²) in [5.74, 6) is 1.79. The van der Waals surface area contributed by atoms with Gasteiger partial charge in [-0.25, -0.2) is 4.98 Å². The van der Waals surface area contributed by atoms with E-state index in [1.807, 2.05) is 6.07 Å². The van der Waals surface area contributed by atoms with Crippen molar-refractivity contribution in [3.8, 4) is 5.88 Å². The van der Waals surface area contributed by atoms with Crippen LogP contribution < -0.4 is 4.74 Å². The van der Waals surface area contributed by atoms with Gasteiger partial charge in [-0.3, -0.25) is 0 Å². The van der Waals surface area contributed by atoms with E-state index in [1.54, 1.807) is 0 Å². The molecule has 0 radical (unpaired) electrons. The zero-order valence-electron chi connectivity index (χ0n) is 12.8. The van der Waals surface area contributed by atoms with Crippen LogP contribution in [0.3, 0.4) is 0 Å². The Labute approximate surface area is 122 Å². The minimum atomic E-state index is 0.00902. The highest BCUT2D eigenvalue weighted by Crippen LogP contribution is 2.25. The SMILES string of the molecule is CCC(CC)COc1cc(CCl)cc(C(C)(C)C)n1. The van der Waals surface area contributed by atoms with Crippen LogP contribution in [-0.4, -0.2) is 11.6 Å². The molecule has 0 unspecified atom stereocenters. The van der Waals surface area contributed by atoms with E-state index in [2.05, 4.69) is 45.7 Å². The van der Waals surface area contributed by atoms with Gasteiger partial charge in [0.1, 0.15) is 0 Å². The molecule has 0 aliphatic carbocycles. The summed E-state index contributed by atoms with van der Waals surface area (Å²) in [4.78, 5) is 4.61. The van der Waals surface area contributed by atoms with E-state index in [-0.39, 0.29) is 5.41 Å². The first-order valence-corrected chi connectivity index (χ1v) is 7.64. The summed E-state index contributed by atoms with van der Waals surface area (Å²) in [5, 5.41) is 0. The standard InChI is InChI=1S/C16H26ClNO/c1-6-12(7-2)11-19-15-9-13(10-17)8-14(18-15)16(3,4)5/h8-9,12H,6-7,10-11H2,1-5H3. The van der Waals surface area contributed by atoms with Crippen molar-refractivity contribution in [1.29, 1.82) is 0 Å². The Kier molecular flexibility index (Phi) is 6.12. The van der Waals surface area contributed by atoms with E-state index in [0.29, 0.717) is 17.7 Å². The summed E-state index contributed by atoms with van der Waals surface area (Å²) in [6.07, 6.45) is 2.27. The molecule has 0 bridgehead atoms. The fraction of sp³-hybridized carbons (Fsp3) is 0.688. The summed E-state index contributed by atoms with van der Waals surface area (Å²) in [6.45, 7) is 11.6. The molecule has 0 aromatic carbocycles. The number of rotatable bonds is 6. The molecule has 108 valence electrons. The second-order valence-corrected chi connectivity index (χ2v) is 6.34. The topological polar surface area (TPSA) is 22.1 Å². The van der Waals surface area contributed by atoms with Crippen molar-refractivity contribution in [3.63, 3.8) is 0 Å². The maximum atomic E-state index is 5.95. The predicted octanol–water partition coefficient (Wildman–Crippen LogP) is 4.93. The number of halogens is 1. The van der Waals surface area contributed by atoms with Gasteiger partial charge in [-0.15, -0.1) is 11.6 Å². The van der Waals surface area contributed by atoms with E-state index >= 15 is 0 Å². The number of alkyl halides is 1. The normalized spacial score (nSPS) is 11.9. The van der Waals surface area contributed by atoms with Gasteiger partial charge in [0.2, 0.25) is 5.88 Å². The van der Waals surface area contributed by atoms with Crippen LogP contribution in [0.1, 0.15) is 58.7 Å². The van der Waals surface area contributed by atoms with Gasteiger partial charge in [0.15, 0.2) is 0 Å². The van der Waals surface area contributed by atoms with Crippen molar-refractivity contribution in [2.24, 2.45) is 5.92 Å². The molecular formula is C16H26ClNO. The molecular weight excluding hydrogens is 258 g/mol. The Morgan fingerprint density at radius 2 is 1.84 bits per heavy atom. The molecule has 1 rings (SSSR count). The Morgan fingerprint density at radius 3 is 2.32 bits per heavy atom. The van der Waals surface area contributed by atoms with Gasteiger partial charge >= 0.3 is 0 Å². The van der Waals surface area contributed by atoms with E-state index in [1.165, 1.54) is 0 Å². The number of nitrogens with zero attached hydrogens (tertiary/aromatic N) is 1. The summed E-state index contributed by atoms with van der Waals surface area (Å²) in [6, 6.07) is 4.02. The molecule has 1 aromatic heterocycles. The van der Waals surface area contributed by atoms with Crippen LogP contribution >= 0.6 is 11.6 Å². The largest absolute Gasteiger partial charge is 0.477 e. The first-order chi connectivity index (χ1) is 8.90. The van der Waals surface area contributed by atoms with Crippen LogP contribution in [0.4, 0.5) is 0 Å². The lowest BCUT2D eigenvalue weighted by molar-refractivity contribution is 0.231. The molecule has 2 nitrogen and oxygen atoms in total. The smallest absolute Gasteiger partial charge is 0.213 e. The van der Waals surface area contributed by atoms with E-state index < -0.39 is 0 Å². The second-order valence-electron chi connectivity index (χ2n) is 6.08. The fourth-order valence-electron chi connectivity index (χ4n) is 1.82. The summed E-state index contributed by atoms with van der Waals surface area (Å²) in [5.41, 5.74) is 2.11. The van der Waals surface area contributed by atoms with E-state index in [0.717, 1.165) is 30.7 Å². The highest BCUT2D eigenvalue weighted by molar-refractivity contribution is 6.17. The molecule has 0 aliphatic heterocycles. The van der Waals surface area contributed by atoms with Crippen LogP contribution in [0.15, 0.2) is 12.1 Å². The number of aromatic nitrogens is 1. The molecule has 19 heavy (non-hydrogen) atoms. The lowest BCUT2D eigenvalue weighted by Gasteiger charge is -2.20. The maximum absolute atomic E-state index is 5.95. The van der Waals surface area contributed by atoms with Gasteiger partial charge in [0.25, 0.3) is 0 Å². The van der Waals surface area contributed by atoms with E-state index in [4.69, 9.17) is 16.3 Å². The van der Waals surface area contributed by atoms with Gasteiger partial charge in [0.05, 0.1) is 12.3 Å². The van der Waals surface area contributed by atoms with Gasteiger partial charge in [-0.1, -0.05) is 47.5 Å². The van der Waals surface area contributed by atoms with Gasteiger partial charge in [0, 0.05) is 17.4 Å². The molecule has 0 saturated carbocycles. The Hall–Kier alpha value is -0.760. The lowest BCUT2D eigenvalue weighted by Crippen LogP contribution is -2.16. The minimum Gasteiger partial charge on any atom is -0.477 e. The van der Waals surface area contributed by atoms with Crippen LogP contribution in [0.5, 0.6) is 5.88 Å². The van der Waals surface area contributed by atoms with Crippen LogP contribution in [0.2, 0.25) is 0 Å². The quantitative estimate of drug-likeness (QED) is 0.691. The molecule has 0 amide bonds. The number of ether oxygens (including phenoxy) is 1. The monoisotopic (exact) mass is 283 g/mol. The molecule has 0 N–H and O–H groups in total. The summed E-state index contributed by atoms with van der Waals surface area (Å²) >= 11 is 5.95. The first-order valence-electron chi connectivity index (χ1n) is 7.10. The molecule has 0 saturated heterocycles. The maximum Gasteiger partial charge on any atom is 0.213 e. The Morgan fingerprint density at radius 1 is 1.21 bits per heavy atom. The van der Waals surface area contributed by atoms with Crippen molar-refractivity contribution in [3.05, 3.63) is 23.4 Å². The predicted molar refractivity (Wildman–Crippen MR) is 82.1 cm³/mol. The molecule has 0 aliphatic rings. The highest BCUT2D eigenvalue weighted by atomic mass is 35.5. The summed E-state index contributed by atoms with van der Waals surface area (Å²) < 4.78 is 5.86. The summed E-state index contributed by atoms with van der Waals surface area (Å²) in [7, 11) is 0. The zero-order valence-corrected chi connectivity index (χ0v) is 13.5. The third-order valence-electron chi connectivity index (χ3n) is 3.41. The fourth-order valence-corrected chi connectivity index (χ4v) is 1.98. The minimum absolute atomic E-state index is 0.00902. The zero-order chi connectivity index (χ0) is 14.5. The van der Waals surface area contributed by atoms with Crippen molar-refractivity contribution in [2.45, 2.75) is 58.8 Å². The molecule has 0 atom stereocenters. The van der Waals surface area contributed by atoms with Crippen molar-refractivity contribution in [2.75, 3.05) is 6.61 Å². The molecule has 3 heteroatoms. The van der Waals surface area contributed by atoms with E-state index in [9.17, 15) is 0 Å². The highest BCUT2D eigenvalue weighted by Gasteiger charge is 2.17. The third kappa shape index (κ3) is 5.02.